The molecule has 0 aliphatic carbocycles. The fourth-order valence-corrected chi connectivity index (χ4v) is 1.19. The number of hydrogen-bond donors (Lipinski definition) is 0. The van der Waals surface area contributed by atoms with Crippen LogP contribution in [0.25, 0.3) is 0 Å². The Labute approximate surface area is 73.9 Å². The lowest BCUT2D eigenvalue weighted by Crippen LogP contribution is -2.03. The average molecular weight is 195 g/mol. The van der Waals surface area contributed by atoms with E-state index in [1.54, 1.807) is 0 Å². The van der Waals surface area contributed by atoms with Crippen LogP contribution in [0.1, 0.15) is 39.0 Å². The van der Waals surface area contributed by atoms with Crippen LogP contribution < -0.4 is 0 Å². The zero-order chi connectivity index (χ0) is 9.45. The highest BCUT2D eigenvalue weighted by atomic mass is 32.3. The van der Waals surface area contributed by atoms with Gasteiger partial charge >= 0.3 is 10.4 Å². The molecule has 12 heavy (non-hydrogen) atoms. The van der Waals surface area contributed by atoms with Gasteiger partial charge in [-0.25, -0.2) is 4.18 Å². The Balaban J connectivity index is 3.12. The third-order valence-corrected chi connectivity index (χ3v) is 1.93. The molecule has 0 rings (SSSR count). The van der Waals surface area contributed by atoms with Crippen molar-refractivity contribution in [1.82, 2.24) is 0 Å². The van der Waals surface area contributed by atoms with Gasteiger partial charge in [0.15, 0.2) is 0 Å². The van der Waals surface area contributed by atoms with Gasteiger partial charge in [0, 0.05) is 0 Å². The normalized spacial score (nSPS) is 11.8. The third-order valence-electron chi connectivity index (χ3n) is 1.48. The molecule has 0 aliphatic rings. The van der Waals surface area contributed by atoms with E-state index < -0.39 is 10.4 Å². The highest BCUT2D eigenvalue weighted by Gasteiger charge is 2.04. The molecule has 0 spiro atoms. The number of unbranched alkanes of at least 4 members (excludes halogenated alkanes) is 4. The van der Waals surface area contributed by atoms with Crippen molar-refractivity contribution in [1.29, 1.82) is 0 Å². The van der Waals surface area contributed by atoms with E-state index in [1.807, 2.05) is 0 Å². The molecule has 0 unspecified atom stereocenters. The zero-order valence-electron chi connectivity index (χ0n) is 7.28. The van der Waals surface area contributed by atoms with Crippen LogP contribution in [0, 0.1) is 0 Å². The van der Waals surface area contributed by atoms with E-state index in [2.05, 4.69) is 11.1 Å². The highest BCUT2D eigenvalue weighted by Crippen LogP contribution is 2.03. The molecule has 0 amide bonds. The summed E-state index contributed by atoms with van der Waals surface area (Å²) >= 11 is 0. The van der Waals surface area contributed by atoms with Crippen molar-refractivity contribution in [2.45, 2.75) is 39.0 Å². The Morgan fingerprint density at radius 1 is 1.08 bits per heavy atom. The van der Waals surface area contributed by atoms with E-state index in [4.69, 9.17) is 0 Å². The summed E-state index contributed by atoms with van der Waals surface area (Å²) in [6, 6.07) is 0. The van der Waals surface area contributed by atoms with Gasteiger partial charge in [0.05, 0.1) is 6.61 Å². The third kappa shape index (κ3) is 9.87. The van der Waals surface area contributed by atoms with Crippen LogP contribution in [0.3, 0.4) is 0 Å². The summed E-state index contributed by atoms with van der Waals surface area (Å²) in [5.41, 5.74) is 0. The van der Waals surface area contributed by atoms with Crippen molar-refractivity contribution < 1.29 is 17.2 Å². The molecule has 4 nitrogen and oxygen atoms in total. The summed E-state index contributed by atoms with van der Waals surface area (Å²) in [6.45, 7) is 2.12. The van der Waals surface area contributed by atoms with Crippen molar-refractivity contribution in [3.8, 4) is 0 Å². The number of hydrogen-bond acceptors (Lipinski definition) is 3. The zero-order valence-corrected chi connectivity index (χ0v) is 8.10. The number of rotatable bonds is 7. The molecule has 0 aromatic rings. The molecule has 0 fully saturated rings. The van der Waals surface area contributed by atoms with Gasteiger partial charge in [0.2, 0.25) is 0 Å². The average Bonchev–Trinajstić information content (AvgIpc) is 1.94. The second-order valence-corrected chi connectivity index (χ2v) is 3.70. The molecule has 0 saturated carbocycles. The van der Waals surface area contributed by atoms with E-state index in [-0.39, 0.29) is 6.61 Å². The first-order chi connectivity index (χ1) is 5.56. The maximum Gasteiger partial charge on any atom is 0.427 e. The molecule has 1 radical (unpaired) electrons. The summed E-state index contributed by atoms with van der Waals surface area (Å²) in [4.78, 5) is 0. The SMILES string of the molecule is CCCCCCCOS([O])(=O)=O. The van der Waals surface area contributed by atoms with Gasteiger partial charge in [-0.2, -0.15) is 8.42 Å². The predicted molar refractivity (Wildman–Crippen MR) is 44.3 cm³/mol. The van der Waals surface area contributed by atoms with E-state index in [0.29, 0.717) is 6.42 Å². The van der Waals surface area contributed by atoms with Gasteiger partial charge in [-0.15, -0.1) is 0 Å². The van der Waals surface area contributed by atoms with E-state index in [0.717, 1.165) is 25.7 Å². The molecule has 5 heteroatoms. The Kier molecular flexibility index (Phi) is 6.32. The molecule has 0 N–H and O–H groups in total. The first-order valence-corrected chi connectivity index (χ1v) is 5.50. The minimum atomic E-state index is -4.47. The topological polar surface area (TPSA) is 63.3 Å². The molecule has 0 heterocycles. The Bertz CT molecular complexity index is 186. The van der Waals surface area contributed by atoms with Crippen LogP contribution >= 0.6 is 0 Å². The predicted octanol–water partition coefficient (Wildman–Crippen LogP) is 1.65. The maximum absolute atomic E-state index is 9.94. The molecular weight excluding hydrogens is 180 g/mol. The van der Waals surface area contributed by atoms with Crippen molar-refractivity contribution in [2.75, 3.05) is 6.61 Å². The van der Waals surface area contributed by atoms with E-state index in [1.165, 1.54) is 0 Å². The summed E-state index contributed by atoms with van der Waals surface area (Å²) < 4.78 is 33.9. The Hall–Kier alpha value is -0.130. The second-order valence-electron chi connectivity index (χ2n) is 2.64. The lowest BCUT2D eigenvalue weighted by Gasteiger charge is -1.98. The second kappa shape index (κ2) is 6.39. The van der Waals surface area contributed by atoms with Crippen LogP contribution in [0.15, 0.2) is 0 Å². The van der Waals surface area contributed by atoms with Gasteiger partial charge in [-0.05, 0) is 6.42 Å². The largest absolute Gasteiger partial charge is 0.427 e. The quantitative estimate of drug-likeness (QED) is 0.580. The molecule has 0 atom stereocenters. The summed E-state index contributed by atoms with van der Waals surface area (Å²) in [7, 11) is -4.47. The first-order valence-electron chi connectivity index (χ1n) is 4.16. The highest BCUT2D eigenvalue weighted by molar-refractivity contribution is 7.80. The standard InChI is InChI=1S/C7H15O4S/c1-2-3-4-5-6-7-11-12(8,9)10/h2-7H2,1H3. The first kappa shape index (κ1) is 11.9. The molecule has 73 valence electrons. The van der Waals surface area contributed by atoms with Gasteiger partial charge in [-0.3, -0.25) is 0 Å². The lowest BCUT2D eigenvalue weighted by atomic mass is 10.2. The smallest absolute Gasteiger partial charge is 0.246 e. The maximum atomic E-state index is 9.94. The van der Waals surface area contributed by atoms with Crippen molar-refractivity contribution in [3.05, 3.63) is 0 Å². The van der Waals surface area contributed by atoms with Gasteiger partial charge in [0.1, 0.15) is 0 Å². The summed E-state index contributed by atoms with van der Waals surface area (Å²) in [5.74, 6) is 0. The van der Waals surface area contributed by atoms with Crippen molar-refractivity contribution >= 4 is 10.4 Å². The van der Waals surface area contributed by atoms with E-state index >= 15 is 0 Å². The molecule has 0 bridgehead atoms. The van der Waals surface area contributed by atoms with Crippen LogP contribution in [0.2, 0.25) is 0 Å². The van der Waals surface area contributed by atoms with Gasteiger partial charge in [0.25, 0.3) is 0 Å². The Morgan fingerprint density at radius 3 is 2.17 bits per heavy atom. The fourth-order valence-electron chi connectivity index (χ4n) is 0.867. The monoisotopic (exact) mass is 195 g/mol. The van der Waals surface area contributed by atoms with Gasteiger partial charge < -0.3 is 0 Å². The van der Waals surface area contributed by atoms with Gasteiger partial charge in [-0.1, -0.05) is 37.2 Å². The minimum Gasteiger partial charge on any atom is -0.246 e. The molecule has 0 aromatic heterocycles. The fraction of sp³-hybridized carbons (Fsp3) is 1.00. The summed E-state index contributed by atoms with van der Waals surface area (Å²) in [5, 5.41) is 0. The van der Waals surface area contributed by atoms with Crippen LogP contribution in [-0.4, -0.2) is 15.0 Å². The van der Waals surface area contributed by atoms with Crippen molar-refractivity contribution in [3.63, 3.8) is 0 Å². The van der Waals surface area contributed by atoms with Crippen LogP contribution in [0.5, 0.6) is 0 Å². The molecule has 0 aromatic carbocycles. The molecule has 0 saturated heterocycles. The lowest BCUT2D eigenvalue weighted by molar-refractivity contribution is 0.238. The van der Waals surface area contributed by atoms with Crippen molar-refractivity contribution in [2.24, 2.45) is 0 Å². The van der Waals surface area contributed by atoms with E-state index in [9.17, 15) is 13.0 Å². The Morgan fingerprint density at radius 2 is 1.67 bits per heavy atom. The molecule has 0 aliphatic heterocycles. The summed E-state index contributed by atoms with van der Waals surface area (Å²) in [6.07, 6.45) is 4.91. The molecular formula is C7H15O4S. The minimum absolute atomic E-state index is 0.0234. The van der Waals surface area contributed by atoms with Crippen LogP contribution in [0.4, 0.5) is 0 Å². The van der Waals surface area contributed by atoms with Crippen LogP contribution in [-0.2, 0) is 19.1 Å².